The molecule has 5 N–H and O–H groups in total. The molecule has 0 radical (unpaired) electrons. The highest BCUT2D eigenvalue weighted by Crippen LogP contribution is 2.29. The van der Waals surface area contributed by atoms with Crippen LogP contribution in [0.3, 0.4) is 0 Å². The van der Waals surface area contributed by atoms with Crippen molar-refractivity contribution in [3.63, 3.8) is 0 Å². The summed E-state index contributed by atoms with van der Waals surface area (Å²) in [6.07, 6.45) is -4.67. The molecule has 1 aromatic carbocycles. The Hall–Kier alpha value is -1.76. The number of carbonyl (C=O) groups excluding carboxylic acids is 1. The summed E-state index contributed by atoms with van der Waals surface area (Å²) < 4.78 is 46.3. The summed E-state index contributed by atoms with van der Waals surface area (Å²) in [5.41, 5.74) is 10.8. The fraction of sp³-hybridized carbons (Fsp3) is 0.429. The number of nitrogens with one attached hydrogen (secondary N) is 1. The number of aliphatic imine (C=N–C) groups is 1. The predicted molar refractivity (Wildman–Crippen MR) is 95.7 cm³/mol. The van der Waals surface area contributed by atoms with E-state index in [4.69, 9.17) is 16.2 Å². The molecule has 2 atom stereocenters. The van der Waals surface area contributed by atoms with Crippen LogP contribution in [-0.2, 0) is 9.53 Å². The standard InChI is InChI=1S/C14H17F3N4O3.HI/c15-14(16,17)24-10-4-2-1-3-9(10)21-13(19)20-7-8-5-6-11(23-8)12(18)22;/h1-4,8,11H,5-7H2,(H2,18,22)(H3,19,20,21);1H. The van der Waals surface area contributed by atoms with Gasteiger partial charge < -0.3 is 26.3 Å². The van der Waals surface area contributed by atoms with Gasteiger partial charge in [0.05, 0.1) is 18.3 Å². The van der Waals surface area contributed by atoms with Crippen LogP contribution in [0.25, 0.3) is 0 Å². The number of benzene rings is 1. The fourth-order valence-electron chi connectivity index (χ4n) is 2.21. The normalized spacial score (nSPS) is 20.7. The summed E-state index contributed by atoms with van der Waals surface area (Å²) in [5, 5.41) is 2.55. The number of primary amides is 1. The predicted octanol–water partition coefficient (Wildman–Crippen LogP) is 1.96. The Balaban J connectivity index is 0.00000312. The molecule has 7 nitrogen and oxygen atoms in total. The highest BCUT2D eigenvalue weighted by atomic mass is 127. The number of carbonyl (C=O) groups is 1. The van der Waals surface area contributed by atoms with Gasteiger partial charge in [-0.3, -0.25) is 9.79 Å². The van der Waals surface area contributed by atoms with Crippen LogP contribution in [0.2, 0.25) is 0 Å². The second-order valence-corrected chi connectivity index (χ2v) is 5.12. The number of nitrogens with two attached hydrogens (primary N) is 2. The van der Waals surface area contributed by atoms with Crippen LogP contribution in [0.4, 0.5) is 18.9 Å². The van der Waals surface area contributed by atoms with E-state index in [0.717, 1.165) is 6.07 Å². The van der Waals surface area contributed by atoms with Gasteiger partial charge in [-0.15, -0.1) is 37.1 Å². The number of amides is 1. The van der Waals surface area contributed by atoms with Crippen LogP contribution in [0, 0.1) is 0 Å². The third-order valence-electron chi connectivity index (χ3n) is 3.27. The van der Waals surface area contributed by atoms with Crippen LogP contribution < -0.4 is 21.5 Å². The van der Waals surface area contributed by atoms with Crippen LogP contribution in [0.5, 0.6) is 5.75 Å². The quantitative estimate of drug-likeness (QED) is 0.343. The van der Waals surface area contributed by atoms with Crippen molar-refractivity contribution in [2.75, 3.05) is 11.9 Å². The summed E-state index contributed by atoms with van der Waals surface area (Å²) in [6.45, 7) is 0.158. The highest BCUT2D eigenvalue weighted by molar-refractivity contribution is 14.0. The van der Waals surface area contributed by atoms with E-state index in [0.29, 0.717) is 12.8 Å². The maximum Gasteiger partial charge on any atom is 0.573 e. The molecule has 0 aliphatic carbocycles. The van der Waals surface area contributed by atoms with Gasteiger partial charge in [-0.1, -0.05) is 12.1 Å². The molecule has 2 rings (SSSR count). The number of alkyl halides is 3. The van der Waals surface area contributed by atoms with Crippen LogP contribution in [0.15, 0.2) is 29.3 Å². The summed E-state index contributed by atoms with van der Waals surface area (Å²) >= 11 is 0. The van der Waals surface area contributed by atoms with E-state index in [-0.39, 0.29) is 48.3 Å². The second-order valence-electron chi connectivity index (χ2n) is 5.12. The van der Waals surface area contributed by atoms with Crippen molar-refractivity contribution >= 4 is 41.5 Å². The Bertz CT molecular complexity index is 628. The molecule has 1 aliphatic rings. The fourth-order valence-corrected chi connectivity index (χ4v) is 2.21. The Morgan fingerprint density at radius 3 is 2.60 bits per heavy atom. The molecule has 1 heterocycles. The molecule has 0 saturated carbocycles. The molecule has 1 aromatic rings. The van der Waals surface area contributed by atoms with Crippen molar-refractivity contribution in [3.05, 3.63) is 24.3 Å². The van der Waals surface area contributed by atoms with E-state index in [1.54, 1.807) is 0 Å². The van der Waals surface area contributed by atoms with Gasteiger partial charge in [-0.25, -0.2) is 0 Å². The zero-order valence-electron chi connectivity index (χ0n) is 13.0. The van der Waals surface area contributed by atoms with Gasteiger partial charge in [0.1, 0.15) is 6.10 Å². The van der Waals surface area contributed by atoms with Gasteiger partial charge in [0.2, 0.25) is 5.91 Å². The zero-order valence-corrected chi connectivity index (χ0v) is 15.3. The first kappa shape index (κ1) is 21.3. The number of ether oxygens (including phenoxy) is 2. The number of halogens is 4. The largest absolute Gasteiger partial charge is 0.573 e. The number of guanidine groups is 1. The SMILES string of the molecule is I.NC(=O)C1CCC(CN=C(N)Nc2ccccc2OC(F)(F)F)O1. The van der Waals surface area contributed by atoms with Crippen molar-refractivity contribution < 1.29 is 27.4 Å². The Labute approximate surface area is 158 Å². The Morgan fingerprint density at radius 1 is 1.32 bits per heavy atom. The third kappa shape index (κ3) is 6.94. The van der Waals surface area contributed by atoms with Gasteiger partial charge in [-0.05, 0) is 25.0 Å². The molecule has 0 bridgehead atoms. The van der Waals surface area contributed by atoms with E-state index in [1.807, 2.05) is 0 Å². The van der Waals surface area contributed by atoms with Crippen molar-refractivity contribution in [2.45, 2.75) is 31.4 Å². The van der Waals surface area contributed by atoms with Crippen LogP contribution >= 0.6 is 24.0 Å². The van der Waals surface area contributed by atoms with Crippen molar-refractivity contribution in [2.24, 2.45) is 16.5 Å². The molecule has 0 spiro atoms. The minimum absolute atomic E-state index is 0. The third-order valence-corrected chi connectivity index (χ3v) is 3.27. The first-order valence-corrected chi connectivity index (χ1v) is 7.11. The van der Waals surface area contributed by atoms with Gasteiger partial charge in [0.25, 0.3) is 0 Å². The molecular weight excluding hydrogens is 456 g/mol. The molecule has 2 unspecified atom stereocenters. The molecule has 0 aromatic heterocycles. The van der Waals surface area contributed by atoms with E-state index in [1.165, 1.54) is 18.2 Å². The number of hydrogen-bond donors (Lipinski definition) is 3. The molecule has 11 heteroatoms. The molecule has 1 fully saturated rings. The number of para-hydroxylation sites is 2. The molecule has 1 amide bonds. The second kappa shape index (κ2) is 9.08. The monoisotopic (exact) mass is 474 g/mol. The number of anilines is 1. The maximum absolute atomic E-state index is 12.3. The lowest BCUT2D eigenvalue weighted by molar-refractivity contribution is -0.274. The van der Waals surface area contributed by atoms with Crippen molar-refractivity contribution in [3.8, 4) is 5.75 Å². The van der Waals surface area contributed by atoms with Crippen LogP contribution in [-0.4, -0.2) is 37.0 Å². The maximum atomic E-state index is 12.3. The molecule has 25 heavy (non-hydrogen) atoms. The summed E-state index contributed by atoms with van der Waals surface area (Å²) in [5.74, 6) is -1.06. The molecular formula is C14H18F3IN4O3. The van der Waals surface area contributed by atoms with E-state index in [9.17, 15) is 18.0 Å². The van der Waals surface area contributed by atoms with E-state index >= 15 is 0 Å². The molecule has 1 aliphatic heterocycles. The topological polar surface area (TPSA) is 112 Å². The van der Waals surface area contributed by atoms with Crippen LogP contribution in [0.1, 0.15) is 12.8 Å². The number of hydrogen-bond acceptors (Lipinski definition) is 4. The lowest BCUT2D eigenvalue weighted by atomic mass is 10.2. The number of nitrogens with zero attached hydrogens (tertiary/aromatic N) is 1. The lowest BCUT2D eigenvalue weighted by Gasteiger charge is -2.14. The summed E-state index contributed by atoms with van der Waals surface area (Å²) in [7, 11) is 0. The zero-order chi connectivity index (χ0) is 17.7. The molecule has 140 valence electrons. The summed E-state index contributed by atoms with van der Waals surface area (Å²) in [4.78, 5) is 15.0. The van der Waals surface area contributed by atoms with E-state index in [2.05, 4.69) is 15.0 Å². The van der Waals surface area contributed by atoms with E-state index < -0.39 is 24.1 Å². The number of rotatable bonds is 5. The first-order chi connectivity index (χ1) is 11.2. The van der Waals surface area contributed by atoms with Gasteiger partial charge >= 0.3 is 6.36 Å². The lowest BCUT2D eigenvalue weighted by Crippen LogP contribution is -2.29. The van der Waals surface area contributed by atoms with Gasteiger partial charge in [0, 0.05) is 0 Å². The first-order valence-electron chi connectivity index (χ1n) is 7.11. The average Bonchev–Trinajstić information content (AvgIpc) is 2.95. The average molecular weight is 474 g/mol. The minimum Gasteiger partial charge on any atom is -0.404 e. The van der Waals surface area contributed by atoms with Gasteiger partial charge in [-0.2, -0.15) is 0 Å². The summed E-state index contributed by atoms with van der Waals surface area (Å²) in [6, 6.07) is 5.45. The Kier molecular flexibility index (Phi) is 7.73. The molecule has 1 saturated heterocycles. The highest BCUT2D eigenvalue weighted by Gasteiger charge is 2.32. The smallest absolute Gasteiger partial charge is 0.404 e. The van der Waals surface area contributed by atoms with Gasteiger partial charge in [0.15, 0.2) is 11.7 Å². The Morgan fingerprint density at radius 2 is 2.00 bits per heavy atom. The van der Waals surface area contributed by atoms with Crippen molar-refractivity contribution in [1.29, 1.82) is 0 Å². The minimum atomic E-state index is -4.81. The van der Waals surface area contributed by atoms with Crippen molar-refractivity contribution in [1.82, 2.24) is 0 Å².